The summed E-state index contributed by atoms with van der Waals surface area (Å²) in [5.41, 5.74) is 0.755. The summed E-state index contributed by atoms with van der Waals surface area (Å²) < 4.78 is 55.0. The SMILES string of the molecule is C=N/N=C(\SCc1ncc2c(N3CCN(C(=O)C4CC(F)(F)C4)CC3)cc(SNC3(CF)CC3)cn12)C1(C#N)CC1.CC.CF. The number of imidazole rings is 1. The largest absolute Gasteiger partial charge is 0.366 e. The first-order valence-corrected chi connectivity index (χ1v) is 16.9. The van der Waals surface area contributed by atoms with Gasteiger partial charge in [0.25, 0.3) is 0 Å². The van der Waals surface area contributed by atoms with E-state index in [1.165, 1.54) is 23.7 Å². The summed E-state index contributed by atoms with van der Waals surface area (Å²) in [6.45, 7) is 9.05. The van der Waals surface area contributed by atoms with Gasteiger partial charge in [0.2, 0.25) is 11.8 Å². The highest BCUT2D eigenvalue weighted by Crippen LogP contribution is 2.50. The summed E-state index contributed by atoms with van der Waals surface area (Å²) >= 11 is 2.82. The minimum Gasteiger partial charge on any atom is -0.366 e. The van der Waals surface area contributed by atoms with Gasteiger partial charge >= 0.3 is 0 Å². The maximum absolute atomic E-state index is 13.6. The summed E-state index contributed by atoms with van der Waals surface area (Å²) in [4.78, 5) is 22.2. The standard InChI is InChI=1S/C27H31F3N8OS2.C2H6.CH3F/c1-32-34-24(25(17-31)2-3-25)40-15-22-33-13-21-20(10-19(14-38(21)22)41-35-26(16-28)4-5-26)36-6-8-37(9-7-36)23(39)18-11-27(29,30)12-18;2*1-2/h10,13-14,18,35H,1-9,11-12,15-16H2;1-2H3;1H3/b34-24-;;. The van der Waals surface area contributed by atoms with Crippen LogP contribution >= 0.6 is 23.7 Å². The number of rotatable bonds is 10. The smallest absolute Gasteiger partial charge is 0.249 e. The van der Waals surface area contributed by atoms with E-state index in [1.54, 1.807) is 4.90 Å². The monoisotopic (exact) mass is 668 g/mol. The number of thioether (sulfide) groups is 1. The minimum absolute atomic E-state index is 0.184. The number of hydrogen-bond donors (Lipinski definition) is 1. The lowest BCUT2D eigenvalue weighted by atomic mass is 9.80. The van der Waals surface area contributed by atoms with Crippen molar-refractivity contribution in [2.24, 2.45) is 21.5 Å². The predicted molar refractivity (Wildman–Crippen MR) is 173 cm³/mol. The molecule has 0 bridgehead atoms. The first-order chi connectivity index (χ1) is 21.7. The Morgan fingerprint density at radius 3 is 2.38 bits per heavy atom. The molecule has 15 heteroatoms. The van der Waals surface area contributed by atoms with Gasteiger partial charge in [-0.25, -0.2) is 18.2 Å². The Labute approximate surface area is 270 Å². The molecule has 246 valence electrons. The zero-order valence-corrected chi connectivity index (χ0v) is 27.5. The number of hydrogen-bond acceptors (Lipinski definition) is 9. The van der Waals surface area contributed by atoms with Crippen LogP contribution in [0.15, 0.2) is 33.6 Å². The molecule has 45 heavy (non-hydrogen) atoms. The van der Waals surface area contributed by atoms with E-state index in [-0.39, 0.29) is 18.7 Å². The van der Waals surface area contributed by atoms with E-state index in [1.807, 2.05) is 36.7 Å². The fourth-order valence-electron chi connectivity index (χ4n) is 5.32. The molecule has 0 unspecified atom stereocenters. The number of amides is 1. The van der Waals surface area contributed by atoms with Crippen molar-refractivity contribution in [1.82, 2.24) is 19.0 Å². The van der Waals surface area contributed by atoms with Gasteiger partial charge in [-0.2, -0.15) is 10.4 Å². The van der Waals surface area contributed by atoms with Gasteiger partial charge < -0.3 is 9.80 Å². The quantitative estimate of drug-likeness (QED) is 0.104. The number of anilines is 1. The molecule has 4 aliphatic rings. The number of piperazine rings is 1. The number of aromatic nitrogens is 2. The average molecular weight is 669 g/mol. The molecule has 6 rings (SSSR count). The van der Waals surface area contributed by atoms with Crippen LogP contribution in [-0.4, -0.2) is 83.4 Å². The second-order valence-corrected chi connectivity index (χ2v) is 13.3. The number of nitriles is 1. The Bertz CT molecular complexity index is 1420. The highest BCUT2D eigenvalue weighted by atomic mass is 32.2. The highest BCUT2D eigenvalue weighted by Gasteiger charge is 2.50. The normalized spacial score (nSPS) is 21.0. The molecule has 0 aromatic carbocycles. The molecule has 3 aliphatic carbocycles. The van der Waals surface area contributed by atoms with E-state index in [4.69, 9.17) is 4.98 Å². The average Bonchev–Trinajstić information content (AvgIpc) is 3.99. The fourth-order valence-corrected chi connectivity index (χ4v) is 7.37. The van der Waals surface area contributed by atoms with Gasteiger partial charge in [-0.1, -0.05) is 25.6 Å². The van der Waals surface area contributed by atoms with Crippen molar-refractivity contribution < 1.29 is 22.4 Å². The lowest BCUT2D eigenvalue weighted by molar-refractivity contribution is -0.160. The van der Waals surface area contributed by atoms with Gasteiger partial charge in [0, 0.05) is 62.7 Å². The third-order valence-electron chi connectivity index (χ3n) is 8.41. The molecular formula is C30H40F4N8OS2. The molecule has 3 heterocycles. The second-order valence-electron chi connectivity index (χ2n) is 11.4. The lowest BCUT2D eigenvalue weighted by Crippen LogP contribution is -2.53. The van der Waals surface area contributed by atoms with Crippen molar-refractivity contribution >= 4 is 52.6 Å². The highest BCUT2D eigenvalue weighted by molar-refractivity contribution is 8.13. The van der Waals surface area contributed by atoms with Crippen LogP contribution in [0.3, 0.4) is 0 Å². The minimum atomic E-state index is -2.72. The summed E-state index contributed by atoms with van der Waals surface area (Å²) in [7, 11) is 0.500. The number of pyridine rings is 1. The van der Waals surface area contributed by atoms with Crippen LogP contribution in [-0.2, 0) is 10.5 Å². The van der Waals surface area contributed by atoms with E-state index in [2.05, 4.69) is 32.6 Å². The van der Waals surface area contributed by atoms with Crippen LogP contribution in [0.25, 0.3) is 5.52 Å². The molecule has 2 aromatic heterocycles. The van der Waals surface area contributed by atoms with E-state index in [0.29, 0.717) is 44.2 Å². The number of nitrogens with zero attached hydrogens (tertiary/aromatic N) is 7. The lowest BCUT2D eigenvalue weighted by Gasteiger charge is -2.41. The van der Waals surface area contributed by atoms with Crippen LogP contribution < -0.4 is 9.62 Å². The molecule has 0 atom stereocenters. The Hall–Kier alpha value is -2.83. The topological polar surface area (TPSA) is 101 Å². The van der Waals surface area contributed by atoms with Crippen LogP contribution in [0.4, 0.5) is 23.2 Å². The van der Waals surface area contributed by atoms with E-state index in [9.17, 15) is 27.6 Å². The van der Waals surface area contributed by atoms with Gasteiger partial charge in [-0.15, -0.1) is 5.10 Å². The molecular weight excluding hydrogens is 629 g/mol. The zero-order valence-electron chi connectivity index (χ0n) is 25.9. The first kappa shape index (κ1) is 35.0. The number of halogens is 4. The molecule has 1 aliphatic heterocycles. The summed E-state index contributed by atoms with van der Waals surface area (Å²) in [5.74, 6) is -2.26. The predicted octanol–water partition coefficient (Wildman–Crippen LogP) is 6.29. The maximum Gasteiger partial charge on any atom is 0.249 e. The number of nitrogens with one attached hydrogen (secondary N) is 1. The van der Waals surface area contributed by atoms with Crippen molar-refractivity contribution in [2.75, 3.05) is 44.9 Å². The van der Waals surface area contributed by atoms with E-state index < -0.39 is 29.5 Å². The maximum atomic E-state index is 13.6. The number of carbonyl (C=O) groups excluding carboxylic acids is 1. The summed E-state index contributed by atoms with van der Waals surface area (Å²) in [6, 6.07) is 4.41. The molecule has 3 saturated carbocycles. The molecule has 2 aromatic rings. The molecule has 1 N–H and O–H groups in total. The summed E-state index contributed by atoms with van der Waals surface area (Å²) in [6.07, 6.45) is 6.15. The Morgan fingerprint density at radius 1 is 1.18 bits per heavy atom. The van der Waals surface area contributed by atoms with Gasteiger partial charge in [0.15, 0.2) is 0 Å². The molecule has 1 saturated heterocycles. The number of fused-ring (bicyclic) bond motifs is 1. The zero-order chi connectivity index (χ0) is 32.8. The number of carbonyl (C=O) groups is 1. The van der Waals surface area contributed by atoms with Crippen molar-refractivity contribution in [3.05, 3.63) is 24.3 Å². The van der Waals surface area contributed by atoms with Crippen molar-refractivity contribution in [3.63, 3.8) is 0 Å². The molecule has 9 nitrogen and oxygen atoms in total. The van der Waals surface area contributed by atoms with Gasteiger partial charge in [0.05, 0.1) is 41.9 Å². The Kier molecular flexibility index (Phi) is 11.5. The first-order valence-electron chi connectivity index (χ1n) is 15.1. The second kappa shape index (κ2) is 14.7. The van der Waals surface area contributed by atoms with Crippen LogP contribution in [0.5, 0.6) is 0 Å². The Morgan fingerprint density at radius 2 is 1.84 bits per heavy atom. The third-order valence-corrected chi connectivity index (χ3v) is 10.6. The molecule has 0 spiro atoms. The van der Waals surface area contributed by atoms with E-state index in [0.717, 1.165) is 47.6 Å². The third kappa shape index (κ3) is 7.77. The van der Waals surface area contributed by atoms with Crippen molar-refractivity contribution in [1.29, 1.82) is 5.26 Å². The Balaban J connectivity index is 0.00000111. The van der Waals surface area contributed by atoms with Gasteiger partial charge in [0.1, 0.15) is 23.0 Å². The van der Waals surface area contributed by atoms with Gasteiger partial charge in [-0.05, 0) is 43.7 Å². The van der Waals surface area contributed by atoms with Crippen molar-refractivity contribution in [2.45, 2.75) is 74.5 Å². The van der Waals surface area contributed by atoms with Crippen LogP contribution in [0.2, 0.25) is 0 Å². The van der Waals surface area contributed by atoms with Gasteiger partial charge in [-0.3, -0.25) is 18.3 Å². The van der Waals surface area contributed by atoms with E-state index >= 15 is 0 Å². The number of alkyl halides is 4. The fraction of sp³-hybridized carbons (Fsp3) is 0.633. The molecule has 4 fully saturated rings. The van der Waals surface area contributed by atoms with Crippen molar-refractivity contribution in [3.8, 4) is 6.07 Å². The van der Waals surface area contributed by atoms with Crippen LogP contribution in [0, 0.1) is 22.7 Å². The summed E-state index contributed by atoms with van der Waals surface area (Å²) in [5, 5.41) is 18.1. The molecule has 0 radical (unpaired) electrons. The van der Waals surface area contributed by atoms with Crippen LogP contribution in [0.1, 0.15) is 58.2 Å². The molecule has 1 amide bonds.